The number of hydrogen-bond acceptors (Lipinski definition) is 4. The number of nitrogens with two attached hydrogens (primary N) is 1. The predicted octanol–water partition coefficient (Wildman–Crippen LogP) is 2.86. The van der Waals surface area contributed by atoms with Gasteiger partial charge in [-0.3, -0.25) is 0 Å². The molecule has 1 heterocycles. The number of aromatic amines is 1. The molecule has 0 aliphatic rings. The second-order valence-electron chi connectivity index (χ2n) is 4.70. The van der Waals surface area contributed by atoms with E-state index in [0.29, 0.717) is 22.5 Å². The quantitative estimate of drug-likeness (QED) is 0.442. The number of para-hydroxylation sites is 1. The zero-order valence-electron chi connectivity index (χ0n) is 10.9. The summed E-state index contributed by atoms with van der Waals surface area (Å²) in [5, 5.41) is 8.91. The third-order valence-electron chi connectivity index (χ3n) is 3.27. The van der Waals surface area contributed by atoms with Crippen LogP contribution in [-0.4, -0.2) is 21.0 Å². The van der Waals surface area contributed by atoms with Crippen LogP contribution in [0.4, 0.5) is 5.69 Å². The summed E-state index contributed by atoms with van der Waals surface area (Å²) in [4.78, 5) is 18.7. The molecule has 1 aromatic heterocycles. The zero-order chi connectivity index (χ0) is 15.0. The standard InChI is InChI=1S/C15H13N3O2S/c16-9-6-4-8(5-7-9)13(21)14-17-11-3-1-2-10(15(19)20)12(11)18-14/h1-7,13,21H,16H2,(H,17,18)(H,19,20). The summed E-state index contributed by atoms with van der Waals surface area (Å²) in [5.74, 6) is -0.395. The molecule has 0 aliphatic carbocycles. The molecule has 0 amide bonds. The van der Waals surface area contributed by atoms with Gasteiger partial charge < -0.3 is 15.8 Å². The van der Waals surface area contributed by atoms with Gasteiger partial charge in [-0.15, -0.1) is 0 Å². The van der Waals surface area contributed by atoms with Crippen molar-refractivity contribution in [1.29, 1.82) is 0 Å². The van der Waals surface area contributed by atoms with Crippen LogP contribution in [0, 0.1) is 0 Å². The lowest BCUT2D eigenvalue weighted by atomic mass is 10.1. The molecule has 5 nitrogen and oxygen atoms in total. The van der Waals surface area contributed by atoms with Gasteiger partial charge >= 0.3 is 5.97 Å². The number of nitrogens with one attached hydrogen (secondary N) is 1. The van der Waals surface area contributed by atoms with Gasteiger partial charge in [-0.1, -0.05) is 18.2 Å². The van der Waals surface area contributed by atoms with Gasteiger partial charge in [0.2, 0.25) is 0 Å². The van der Waals surface area contributed by atoms with Crippen molar-refractivity contribution in [3.8, 4) is 0 Å². The number of thiol groups is 1. The SMILES string of the molecule is Nc1ccc(C(S)c2nc3c(C(=O)O)cccc3[nH]2)cc1. The highest BCUT2D eigenvalue weighted by molar-refractivity contribution is 7.80. The molecule has 21 heavy (non-hydrogen) atoms. The Labute approximate surface area is 126 Å². The number of fused-ring (bicyclic) bond motifs is 1. The first kappa shape index (κ1) is 13.5. The van der Waals surface area contributed by atoms with E-state index in [0.717, 1.165) is 5.56 Å². The van der Waals surface area contributed by atoms with E-state index in [1.807, 2.05) is 12.1 Å². The van der Waals surface area contributed by atoms with Crippen molar-refractivity contribution in [2.45, 2.75) is 5.25 Å². The van der Waals surface area contributed by atoms with E-state index in [9.17, 15) is 9.90 Å². The van der Waals surface area contributed by atoms with E-state index in [-0.39, 0.29) is 10.8 Å². The van der Waals surface area contributed by atoms with Crippen molar-refractivity contribution in [2.24, 2.45) is 0 Å². The Bertz CT molecular complexity index is 811. The number of rotatable bonds is 3. The van der Waals surface area contributed by atoms with Crippen LogP contribution in [0.2, 0.25) is 0 Å². The normalized spacial score (nSPS) is 12.4. The maximum atomic E-state index is 11.2. The molecule has 0 bridgehead atoms. The van der Waals surface area contributed by atoms with Crippen molar-refractivity contribution in [1.82, 2.24) is 9.97 Å². The van der Waals surface area contributed by atoms with E-state index < -0.39 is 5.97 Å². The van der Waals surface area contributed by atoms with Gasteiger partial charge in [0, 0.05) is 5.69 Å². The number of H-pyrrole nitrogens is 1. The molecule has 2 aromatic carbocycles. The van der Waals surface area contributed by atoms with E-state index in [4.69, 9.17) is 5.73 Å². The van der Waals surface area contributed by atoms with Gasteiger partial charge in [-0.05, 0) is 29.8 Å². The highest BCUT2D eigenvalue weighted by Gasteiger charge is 2.17. The van der Waals surface area contributed by atoms with Crippen LogP contribution in [-0.2, 0) is 0 Å². The third-order valence-corrected chi connectivity index (χ3v) is 3.82. The fourth-order valence-electron chi connectivity index (χ4n) is 2.19. The second kappa shape index (κ2) is 5.14. The first-order chi connectivity index (χ1) is 10.1. The minimum absolute atomic E-state index is 0.174. The lowest BCUT2D eigenvalue weighted by molar-refractivity contribution is 0.0699. The van der Waals surface area contributed by atoms with Crippen LogP contribution in [0.25, 0.3) is 11.0 Å². The van der Waals surface area contributed by atoms with Gasteiger partial charge in [0.15, 0.2) is 0 Å². The van der Waals surface area contributed by atoms with Crippen molar-refractivity contribution in [3.05, 3.63) is 59.4 Å². The smallest absolute Gasteiger partial charge is 0.337 e. The number of aromatic nitrogens is 2. The summed E-state index contributed by atoms with van der Waals surface area (Å²) in [6, 6.07) is 12.3. The van der Waals surface area contributed by atoms with Crippen molar-refractivity contribution >= 4 is 35.3 Å². The van der Waals surface area contributed by atoms with Crippen LogP contribution in [0.1, 0.15) is 27.0 Å². The molecular weight excluding hydrogens is 286 g/mol. The molecule has 0 saturated carbocycles. The highest BCUT2D eigenvalue weighted by atomic mass is 32.1. The molecule has 0 saturated heterocycles. The van der Waals surface area contributed by atoms with Crippen LogP contribution in [0.5, 0.6) is 0 Å². The predicted molar refractivity (Wildman–Crippen MR) is 84.7 cm³/mol. The Morgan fingerprint density at radius 2 is 1.95 bits per heavy atom. The zero-order valence-corrected chi connectivity index (χ0v) is 11.8. The average molecular weight is 299 g/mol. The monoisotopic (exact) mass is 299 g/mol. The van der Waals surface area contributed by atoms with Crippen LogP contribution in [0.3, 0.4) is 0 Å². The van der Waals surface area contributed by atoms with Gasteiger partial charge in [0.05, 0.1) is 16.3 Å². The van der Waals surface area contributed by atoms with E-state index in [1.54, 1.807) is 24.3 Å². The van der Waals surface area contributed by atoms with Crippen molar-refractivity contribution in [2.75, 3.05) is 5.73 Å². The second-order valence-corrected chi connectivity index (χ2v) is 5.21. The Balaban J connectivity index is 2.06. The molecule has 0 aliphatic heterocycles. The summed E-state index contributed by atoms with van der Waals surface area (Å²) in [7, 11) is 0. The van der Waals surface area contributed by atoms with Crippen molar-refractivity contribution in [3.63, 3.8) is 0 Å². The van der Waals surface area contributed by atoms with Gasteiger partial charge in [-0.25, -0.2) is 9.78 Å². The number of nitrogens with zero attached hydrogens (tertiary/aromatic N) is 1. The summed E-state index contributed by atoms with van der Waals surface area (Å²) >= 11 is 4.56. The van der Waals surface area contributed by atoms with Crippen LogP contribution in [0.15, 0.2) is 42.5 Å². The maximum absolute atomic E-state index is 11.2. The average Bonchev–Trinajstić information content (AvgIpc) is 2.90. The summed E-state index contributed by atoms with van der Waals surface area (Å²) < 4.78 is 0. The fourth-order valence-corrected chi connectivity index (χ4v) is 2.48. The molecule has 0 fully saturated rings. The largest absolute Gasteiger partial charge is 0.478 e. The summed E-state index contributed by atoms with van der Waals surface area (Å²) in [5.41, 5.74) is 8.57. The molecular formula is C15H13N3O2S. The van der Waals surface area contributed by atoms with E-state index in [1.165, 1.54) is 6.07 Å². The van der Waals surface area contributed by atoms with Gasteiger partial charge in [0.1, 0.15) is 11.3 Å². The number of imidazole rings is 1. The third kappa shape index (κ3) is 2.45. The number of anilines is 1. The number of carboxylic acids is 1. The van der Waals surface area contributed by atoms with E-state index in [2.05, 4.69) is 22.6 Å². The number of hydrogen-bond donors (Lipinski definition) is 4. The number of carboxylic acid groups (broad SMARTS) is 1. The van der Waals surface area contributed by atoms with E-state index >= 15 is 0 Å². The Morgan fingerprint density at radius 3 is 2.62 bits per heavy atom. The van der Waals surface area contributed by atoms with Crippen molar-refractivity contribution < 1.29 is 9.90 Å². The Hall–Kier alpha value is -2.47. The molecule has 0 radical (unpaired) electrons. The van der Waals surface area contributed by atoms with Gasteiger partial charge in [0.25, 0.3) is 0 Å². The number of nitrogen functional groups attached to an aromatic ring is 1. The lowest BCUT2D eigenvalue weighted by Crippen LogP contribution is -1.98. The van der Waals surface area contributed by atoms with Crippen LogP contribution < -0.4 is 5.73 Å². The molecule has 0 spiro atoms. The maximum Gasteiger partial charge on any atom is 0.337 e. The topological polar surface area (TPSA) is 92.0 Å². The molecule has 6 heteroatoms. The number of aromatic carboxylic acids is 1. The molecule has 3 aromatic rings. The minimum atomic E-state index is -0.998. The molecule has 4 N–H and O–H groups in total. The molecule has 3 rings (SSSR count). The first-order valence-corrected chi connectivity index (χ1v) is 6.83. The fraction of sp³-hybridized carbons (Fsp3) is 0.0667. The molecule has 106 valence electrons. The number of benzene rings is 2. The molecule has 1 atom stereocenters. The first-order valence-electron chi connectivity index (χ1n) is 6.31. The molecule has 1 unspecified atom stereocenters. The Morgan fingerprint density at radius 1 is 1.24 bits per heavy atom. The highest BCUT2D eigenvalue weighted by Crippen LogP contribution is 2.29. The minimum Gasteiger partial charge on any atom is -0.478 e. The number of carbonyl (C=O) groups is 1. The lowest BCUT2D eigenvalue weighted by Gasteiger charge is -2.08. The van der Waals surface area contributed by atoms with Gasteiger partial charge in [-0.2, -0.15) is 12.6 Å². The summed E-state index contributed by atoms with van der Waals surface area (Å²) in [6.07, 6.45) is 0. The Kier molecular flexibility index (Phi) is 3.31. The van der Waals surface area contributed by atoms with Crippen LogP contribution >= 0.6 is 12.6 Å². The summed E-state index contributed by atoms with van der Waals surface area (Å²) in [6.45, 7) is 0.